The lowest BCUT2D eigenvalue weighted by atomic mass is 9.77. The van der Waals surface area contributed by atoms with Crippen LogP contribution < -0.4 is 18.9 Å². The van der Waals surface area contributed by atoms with Gasteiger partial charge in [-0.15, -0.1) is 0 Å². The summed E-state index contributed by atoms with van der Waals surface area (Å²) in [5.74, 6) is -1.65. The van der Waals surface area contributed by atoms with Crippen molar-refractivity contribution in [1.29, 1.82) is 0 Å². The van der Waals surface area contributed by atoms with E-state index in [4.69, 9.17) is 23.7 Å². The van der Waals surface area contributed by atoms with Crippen LogP contribution in [0.1, 0.15) is 78.9 Å². The molecule has 0 amide bonds. The van der Waals surface area contributed by atoms with Crippen molar-refractivity contribution in [2.75, 3.05) is 0 Å². The highest BCUT2D eigenvalue weighted by molar-refractivity contribution is 6.00. The summed E-state index contributed by atoms with van der Waals surface area (Å²) in [6, 6.07) is 20.9. The lowest BCUT2D eigenvalue weighted by molar-refractivity contribution is -0.384. The molecule has 2 aliphatic heterocycles. The third kappa shape index (κ3) is 6.21. The van der Waals surface area contributed by atoms with E-state index in [1.165, 1.54) is 65.5 Å². The molecular formula is C40H33N3O11. The number of carbonyl (C=O) groups excluding carboxylic acids is 4. The molecule has 1 aromatic heterocycles. The second kappa shape index (κ2) is 12.7. The molecule has 0 bridgehead atoms. The van der Waals surface area contributed by atoms with Gasteiger partial charge in [-0.3, -0.25) is 19.7 Å². The van der Waals surface area contributed by atoms with Crippen molar-refractivity contribution >= 4 is 29.6 Å². The molecule has 14 heteroatoms. The highest BCUT2D eigenvalue weighted by Gasteiger charge is 2.54. The molecule has 0 fully saturated rings. The fraction of sp³-hybridized carbons (Fsp3) is 0.225. The molecule has 0 atom stereocenters. The summed E-state index contributed by atoms with van der Waals surface area (Å²) in [6.45, 7) is 10.3. The number of fused-ring (bicyclic) bond motifs is 6. The van der Waals surface area contributed by atoms with Gasteiger partial charge in [-0.2, -0.15) is 5.10 Å². The lowest BCUT2D eigenvalue weighted by Gasteiger charge is -2.36. The summed E-state index contributed by atoms with van der Waals surface area (Å²) in [6.07, 6.45) is 1.40. The van der Waals surface area contributed by atoms with Crippen LogP contribution >= 0.6 is 0 Å². The Morgan fingerprint density at radius 1 is 0.741 bits per heavy atom. The SMILES string of the molecule is CC(C)(C)C(=O)Oc1ccc2c(c1)Oc1cc(OC(=O)C(C)(C)C)ccc1C21OC(=O)c2cc(C(=O)Oc3ccnn3-c3ccc([N+](=O)[O-])cc3)ccc21. The number of ether oxygens (including phenoxy) is 5. The highest BCUT2D eigenvalue weighted by Crippen LogP contribution is 2.57. The van der Waals surface area contributed by atoms with Gasteiger partial charge in [-0.05, 0) is 90.1 Å². The van der Waals surface area contributed by atoms with Crippen LogP contribution in [-0.4, -0.2) is 38.6 Å². The number of rotatable bonds is 6. The first kappa shape index (κ1) is 35.6. The maximum atomic E-state index is 13.8. The Hall–Kier alpha value is -6.83. The topological polar surface area (TPSA) is 175 Å². The van der Waals surface area contributed by atoms with Gasteiger partial charge in [0.25, 0.3) is 5.69 Å². The van der Waals surface area contributed by atoms with E-state index in [1.54, 1.807) is 71.9 Å². The molecule has 54 heavy (non-hydrogen) atoms. The second-order valence-electron chi connectivity index (χ2n) is 14.8. The Morgan fingerprint density at radius 3 is 1.83 bits per heavy atom. The minimum Gasteiger partial charge on any atom is -0.456 e. The summed E-state index contributed by atoms with van der Waals surface area (Å²) >= 11 is 0. The zero-order chi connectivity index (χ0) is 38.7. The first-order valence-corrected chi connectivity index (χ1v) is 16.8. The number of esters is 4. The van der Waals surface area contributed by atoms with Crippen molar-refractivity contribution in [2.24, 2.45) is 10.8 Å². The molecule has 7 rings (SSSR count). The molecule has 0 radical (unpaired) electrons. The number of benzene rings is 4. The summed E-state index contributed by atoms with van der Waals surface area (Å²) < 4.78 is 30.8. The van der Waals surface area contributed by atoms with E-state index >= 15 is 0 Å². The summed E-state index contributed by atoms with van der Waals surface area (Å²) in [4.78, 5) is 63.4. The maximum absolute atomic E-state index is 13.8. The summed E-state index contributed by atoms with van der Waals surface area (Å²) in [7, 11) is 0. The number of non-ortho nitro benzene ring substituents is 1. The molecule has 0 unspecified atom stereocenters. The number of carbonyl (C=O) groups is 4. The first-order chi connectivity index (χ1) is 25.5. The van der Waals surface area contributed by atoms with Crippen LogP contribution in [0.15, 0.2) is 91.1 Å². The maximum Gasteiger partial charge on any atom is 0.344 e. The fourth-order valence-corrected chi connectivity index (χ4v) is 5.89. The molecule has 1 spiro atoms. The van der Waals surface area contributed by atoms with E-state index in [2.05, 4.69) is 5.10 Å². The third-order valence-electron chi connectivity index (χ3n) is 8.74. The molecule has 0 N–H and O–H groups in total. The van der Waals surface area contributed by atoms with Gasteiger partial charge in [-0.1, -0.05) is 6.07 Å². The molecule has 14 nitrogen and oxygen atoms in total. The lowest BCUT2D eigenvalue weighted by Crippen LogP contribution is -2.33. The first-order valence-electron chi connectivity index (χ1n) is 16.8. The Kier molecular flexibility index (Phi) is 8.36. The molecule has 3 heterocycles. The molecule has 4 aromatic carbocycles. The van der Waals surface area contributed by atoms with E-state index < -0.39 is 45.2 Å². The van der Waals surface area contributed by atoms with Crippen molar-refractivity contribution in [1.82, 2.24) is 9.78 Å². The Balaban J connectivity index is 1.27. The van der Waals surface area contributed by atoms with Crippen LogP contribution in [0.4, 0.5) is 5.69 Å². The van der Waals surface area contributed by atoms with E-state index in [-0.39, 0.29) is 45.7 Å². The average molecular weight is 732 g/mol. The van der Waals surface area contributed by atoms with Gasteiger partial charge < -0.3 is 23.7 Å². The molecule has 0 saturated carbocycles. The molecule has 0 aliphatic carbocycles. The highest BCUT2D eigenvalue weighted by atomic mass is 16.6. The third-order valence-corrected chi connectivity index (χ3v) is 8.74. The monoisotopic (exact) mass is 731 g/mol. The minimum atomic E-state index is -1.58. The summed E-state index contributed by atoms with van der Waals surface area (Å²) in [5.41, 5.74) is -1.53. The van der Waals surface area contributed by atoms with Gasteiger partial charge in [0.2, 0.25) is 5.88 Å². The van der Waals surface area contributed by atoms with Crippen LogP contribution in [0.2, 0.25) is 0 Å². The van der Waals surface area contributed by atoms with Gasteiger partial charge in [0, 0.05) is 47.0 Å². The quantitative estimate of drug-likeness (QED) is 0.0730. The van der Waals surface area contributed by atoms with Crippen molar-refractivity contribution in [2.45, 2.75) is 47.1 Å². The Bertz CT molecular complexity index is 2320. The van der Waals surface area contributed by atoms with Gasteiger partial charge in [0.1, 0.15) is 23.0 Å². The standard InChI is InChI=1S/C40H33N3O11/c1-38(2,3)36(46)50-25-12-15-29-31(20-25)52-32-21-26(51-37(47)39(4,5)6)13-16-30(32)40(29)28-14-7-22(19-27(28)35(45)54-40)34(44)53-33-17-18-41-42(33)23-8-10-24(11-9-23)43(48)49/h7-21H,1-6H3. The van der Waals surface area contributed by atoms with Crippen LogP contribution in [-0.2, 0) is 19.9 Å². The normalized spacial score (nSPS) is 13.9. The van der Waals surface area contributed by atoms with E-state index in [1.807, 2.05) is 0 Å². The van der Waals surface area contributed by atoms with Gasteiger partial charge in [-0.25, -0.2) is 14.3 Å². The van der Waals surface area contributed by atoms with Gasteiger partial charge in [0.15, 0.2) is 5.60 Å². The smallest absolute Gasteiger partial charge is 0.344 e. The van der Waals surface area contributed by atoms with Crippen LogP contribution in [0.5, 0.6) is 28.9 Å². The predicted octanol–water partition coefficient (Wildman–Crippen LogP) is 7.47. The van der Waals surface area contributed by atoms with Crippen molar-refractivity contribution < 1.29 is 47.8 Å². The van der Waals surface area contributed by atoms with E-state index in [9.17, 15) is 29.3 Å². The number of hydrogen-bond donors (Lipinski definition) is 0. The predicted molar refractivity (Wildman–Crippen MR) is 190 cm³/mol. The van der Waals surface area contributed by atoms with Crippen LogP contribution in [0, 0.1) is 20.9 Å². The number of nitro groups is 1. The average Bonchev–Trinajstić information content (AvgIpc) is 3.69. The number of aromatic nitrogens is 2. The fourth-order valence-electron chi connectivity index (χ4n) is 5.89. The number of nitrogens with zero attached hydrogens (tertiary/aromatic N) is 3. The zero-order valence-electron chi connectivity index (χ0n) is 30.0. The second-order valence-corrected chi connectivity index (χ2v) is 14.8. The largest absolute Gasteiger partial charge is 0.456 e. The molecule has 0 saturated heterocycles. The van der Waals surface area contributed by atoms with Crippen molar-refractivity contribution in [3.05, 3.63) is 129 Å². The van der Waals surface area contributed by atoms with Crippen molar-refractivity contribution in [3.8, 4) is 34.6 Å². The molecule has 274 valence electrons. The number of nitro benzene ring substituents is 1. The number of hydrogen-bond acceptors (Lipinski definition) is 12. The zero-order valence-corrected chi connectivity index (χ0v) is 30.0. The van der Waals surface area contributed by atoms with Crippen molar-refractivity contribution in [3.63, 3.8) is 0 Å². The van der Waals surface area contributed by atoms with Crippen LogP contribution in [0.25, 0.3) is 5.69 Å². The molecule has 2 aliphatic rings. The van der Waals surface area contributed by atoms with Gasteiger partial charge in [0.05, 0.1) is 38.8 Å². The minimum absolute atomic E-state index is 0.0283. The molecule has 5 aromatic rings. The van der Waals surface area contributed by atoms with E-state index in [0.29, 0.717) is 22.4 Å². The van der Waals surface area contributed by atoms with E-state index in [0.717, 1.165) is 0 Å². The molecular weight excluding hydrogens is 698 g/mol. The Morgan fingerprint density at radius 2 is 1.30 bits per heavy atom. The van der Waals surface area contributed by atoms with Gasteiger partial charge >= 0.3 is 23.9 Å². The Labute approximate surface area is 308 Å². The summed E-state index contributed by atoms with van der Waals surface area (Å²) in [5, 5.41) is 15.3. The van der Waals surface area contributed by atoms with Crippen LogP contribution in [0.3, 0.4) is 0 Å².